The average molecular weight is 219 g/mol. The lowest BCUT2D eigenvalue weighted by molar-refractivity contribution is -0.121. The van der Waals surface area contributed by atoms with Crippen LogP contribution in [-0.2, 0) is 4.79 Å². The van der Waals surface area contributed by atoms with Gasteiger partial charge in [-0.1, -0.05) is 0 Å². The number of hydrogen-bond acceptors (Lipinski definition) is 3. The zero-order chi connectivity index (χ0) is 11.7. The Balaban J connectivity index is 2.17. The Labute approximate surface area is 95.2 Å². The van der Waals surface area contributed by atoms with Gasteiger partial charge in [-0.3, -0.25) is 4.79 Å². The van der Waals surface area contributed by atoms with Crippen molar-refractivity contribution in [3.63, 3.8) is 0 Å². The number of nitrogen functional groups attached to an aromatic ring is 1. The van der Waals surface area contributed by atoms with Gasteiger partial charge in [0.2, 0.25) is 5.91 Å². The highest BCUT2D eigenvalue weighted by Gasteiger charge is 2.27. The first-order valence-corrected chi connectivity index (χ1v) is 5.48. The Morgan fingerprint density at radius 3 is 2.81 bits per heavy atom. The van der Waals surface area contributed by atoms with Gasteiger partial charge in [-0.25, -0.2) is 0 Å². The fourth-order valence-electron chi connectivity index (χ4n) is 2.24. The molecule has 1 heterocycles. The summed E-state index contributed by atoms with van der Waals surface area (Å²) in [7, 11) is 0. The van der Waals surface area contributed by atoms with Crippen LogP contribution >= 0.6 is 0 Å². The van der Waals surface area contributed by atoms with E-state index in [2.05, 4.69) is 4.90 Å². The first kappa shape index (κ1) is 10.8. The molecule has 1 amide bonds. The number of amides is 1. The monoisotopic (exact) mass is 219 g/mol. The van der Waals surface area contributed by atoms with E-state index in [1.165, 1.54) is 0 Å². The van der Waals surface area contributed by atoms with E-state index in [0.717, 1.165) is 36.4 Å². The minimum absolute atomic E-state index is 0.0167. The zero-order valence-corrected chi connectivity index (χ0v) is 9.44. The topological polar surface area (TPSA) is 72.3 Å². The molecule has 4 heteroatoms. The van der Waals surface area contributed by atoms with Gasteiger partial charge in [0.25, 0.3) is 0 Å². The van der Waals surface area contributed by atoms with Gasteiger partial charge in [0.05, 0.1) is 5.92 Å². The molecule has 0 bridgehead atoms. The van der Waals surface area contributed by atoms with Crippen LogP contribution in [0.4, 0.5) is 11.4 Å². The van der Waals surface area contributed by atoms with Crippen LogP contribution in [0.3, 0.4) is 0 Å². The van der Waals surface area contributed by atoms with Gasteiger partial charge < -0.3 is 16.4 Å². The second-order valence-corrected chi connectivity index (χ2v) is 4.38. The van der Waals surface area contributed by atoms with E-state index >= 15 is 0 Å². The maximum absolute atomic E-state index is 11.1. The van der Waals surface area contributed by atoms with E-state index in [0.29, 0.717) is 0 Å². The lowest BCUT2D eigenvalue weighted by atomic mass is 10.1. The van der Waals surface area contributed by atoms with Crippen molar-refractivity contribution in [2.45, 2.75) is 13.3 Å². The number of primary amides is 1. The molecule has 1 aromatic carbocycles. The summed E-state index contributed by atoms with van der Waals surface area (Å²) in [5.41, 5.74) is 14.1. The molecular formula is C12H17N3O. The Morgan fingerprint density at radius 2 is 2.25 bits per heavy atom. The number of benzene rings is 1. The second kappa shape index (κ2) is 4.04. The van der Waals surface area contributed by atoms with Crippen molar-refractivity contribution in [3.05, 3.63) is 23.8 Å². The smallest absolute Gasteiger partial charge is 0.222 e. The molecule has 1 atom stereocenters. The summed E-state index contributed by atoms with van der Waals surface area (Å²) >= 11 is 0. The minimum Gasteiger partial charge on any atom is -0.399 e. The van der Waals surface area contributed by atoms with E-state index < -0.39 is 0 Å². The molecule has 1 saturated heterocycles. The minimum atomic E-state index is -0.199. The van der Waals surface area contributed by atoms with Crippen LogP contribution in [0, 0.1) is 12.8 Å². The fraction of sp³-hybridized carbons (Fsp3) is 0.417. The van der Waals surface area contributed by atoms with Crippen molar-refractivity contribution in [2.75, 3.05) is 23.7 Å². The van der Waals surface area contributed by atoms with Crippen molar-refractivity contribution in [1.82, 2.24) is 0 Å². The van der Waals surface area contributed by atoms with Crippen LogP contribution < -0.4 is 16.4 Å². The summed E-state index contributed by atoms with van der Waals surface area (Å²) in [6.45, 7) is 3.64. The molecule has 0 aliphatic carbocycles. The maximum Gasteiger partial charge on any atom is 0.222 e. The Morgan fingerprint density at radius 1 is 1.50 bits per heavy atom. The normalized spacial score (nSPS) is 20.1. The van der Waals surface area contributed by atoms with Crippen molar-refractivity contribution in [1.29, 1.82) is 0 Å². The van der Waals surface area contributed by atoms with Gasteiger partial charge >= 0.3 is 0 Å². The molecule has 1 aliphatic heterocycles. The van der Waals surface area contributed by atoms with Crippen LogP contribution in [0.1, 0.15) is 12.0 Å². The highest BCUT2D eigenvalue weighted by Crippen LogP contribution is 2.27. The van der Waals surface area contributed by atoms with Gasteiger partial charge in [0.1, 0.15) is 0 Å². The van der Waals surface area contributed by atoms with E-state index in [1.54, 1.807) is 0 Å². The fourth-order valence-corrected chi connectivity index (χ4v) is 2.24. The van der Waals surface area contributed by atoms with Crippen LogP contribution in [-0.4, -0.2) is 19.0 Å². The average Bonchev–Trinajstić information content (AvgIpc) is 2.66. The van der Waals surface area contributed by atoms with Gasteiger partial charge in [-0.2, -0.15) is 0 Å². The van der Waals surface area contributed by atoms with E-state index in [1.807, 2.05) is 25.1 Å². The molecule has 0 radical (unpaired) electrons. The maximum atomic E-state index is 11.1. The van der Waals surface area contributed by atoms with E-state index in [-0.39, 0.29) is 11.8 Å². The number of rotatable bonds is 2. The second-order valence-electron chi connectivity index (χ2n) is 4.38. The van der Waals surface area contributed by atoms with Crippen LogP contribution in [0.2, 0.25) is 0 Å². The summed E-state index contributed by atoms with van der Waals surface area (Å²) in [5.74, 6) is -0.215. The van der Waals surface area contributed by atoms with Crippen molar-refractivity contribution >= 4 is 17.3 Å². The molecule has 4 N–H and O–H groups in total. The Bertz CT molecular complexity index is 417. The first-order valence-electron chi connectivity index (χ1n) is 5.48. The predicted molar refractivity (Wildman–Crippen MR) is 65.1 cm³/mol. The number of anilines is 2. The lowest BCUT2D eigenvalue weighted by Crippen LogP contribution is -2.27. The Hall–Kier alpha value is -1.71. The van der Waals surface area contributed by atoms with E-state index in [9.17, 15) is 4.79 Å². The molecule has 1 unspecified atom stereocenters. The number of nitrogens with zero attached hydrogens (tertiary/aromatic N) is 1. The van der Waals surface area contributed by atoms with Gasteiger partial charge in [-0.05, 0) is 37.1 Å². The Kier molecular flexibility index (Phi) is 2.73. The van der Waals surface area contributed by atoms with Crippen molar-refractivity contribution < 1.29 is 4.79 Å². The third kappa shape index (κ3) is 1.96. The summed E-state index contributed by atoms with van der Waals surface area (Å²) in [5, 5.41) is 0. The molecule has 0 saturated carbocycles. The third-order valence-electron chi connectivity index (χ3n) is 3.15. The number of nitrogens with two attached hydrogens (primary N) is 2. The molecule has 2 rings (SSSR count). The molecule has 4 nitrogen and oxygen atoms in total. The van der Waals surface area contributed by atoms with Gasteiger partial charge in [0, 0.05) is 24.5 Å². The summed E-state index contributed by atoms with van der Waals surface area (Å²) < 4.78 is 0. The molecule has 1 aliphatic rings. The zero-order valence-electron chi connectivity index (χ0n) is 9.44. The highest BCUT2D eigenvalue weighted by atomic mass is 16.1. The molecular weight excluding hydrogens is 202 g/mol. The predicted octanol–water partition coefficient (Wildman–Crippen LogP) is 0.889. The van der Waals surface area contributed by atoms with Crippen LogP contribution in [0.5, 0.6) is 0 Å². The standard InChI is InChI=1S/C12H17N3O/c1-8-6-10(13)2-3-11(8)15-5-4-9(7-15)12(14)16/h2-3,6,9H,4-5,7,13H2,1H3,(H2,14,16). The SMILES string of the molecule is Cc1cc(N)ccc1N1CCC(C(N)=O)C1. The summed E-state index contributed by atoms with van der Waals surface area (Å²) in [4.78, 5) is 13.3. The van der Waals surface area contributed by atoms with Gasteiger partial charge in [0.15, 0.2) is 0 Å². The third-order valence-corrected chi connectivity index (χ3v) is 3.15. The molecule has 16 heavy (non-hydrogen) atoms. The number of carbonyl (C=O) groups excluding carboxylic acids is 1. The number of hydrogen-bond donors (Lipinski definition) is 2. The molecule has 1 aromatic rings. The van der Waals surface area contributed by atoms with Gasteiger partial charge in [-0.15, -0.1) is 0 Å². The number of carbonyl (C=O) groups is 1. The largest absolute Gasteiger partial charge is 0.399 e. The first-order chi connectivity index (χ1) is 7.58. The number of aryl methyl sites for hydroxylation is 1. The van der Waals surface area contributed by atoms with Crippen molar-refractivity contribution in [2.24, 2.45) is 11.7 Å². The van der Waals surface area contributed by atoms with Crippen LogP contribution in [0.15, 0.2) is 18.2 Å². The summed E-state index contributed by atoms with van der Waals surface area (Å²) in [6.07, 6.45) is 0.846. The molecule has 0 spiro atoms. The van der Waals surface area contributed by atoms with Crippen molar-refractivity contribution in [3.8, 4) is 0 Å². The van der Waals surface area contributed by atoms with Crippen LogP contribution in [0.25, 0.3) is 0 Å². The lowest BCUT2D eigenvalue weighted by Gasteiger charge is -2.20. The van der Waals surface area contributed by atoms with E-state index in [4.69, 9.17) is 11.5 Å². The molecule has 0 aromatic heterocycles. The molecule has 1 fully saturated rings. The molecule has 86 valence electrons. The quantitative estimate of drug-likeness (QED) is 0.725. The summed E-state index contributed by atoms with van der Waals surface area (Å²) in [6, 6.07) is 5.85. The highest BCUT2D eigenvalue weighted by molar-refractivity contribution is 5.78.